The van der Waals surface area contributed by atoms with E-state index in [1.54, 1.807) is 0 Å². The van der Waals surface area contributed by atoms with Crippen molar-refractivity contribution in [2.75, 3.05) is 0 Å². The minimum absolute atomic E-state index is 0.269. The Bertz CT molecular complexity index is 511. The lowest BCUT2D eigenvalue weighted by molar-refractivity contribution is -0.131. The molecule has 2 heteroatoms. The molecule has 0 saturated heterocycles. The molecule has 0 spiro atoms. The van der Waals surface area contributed by atoms with Crippen LogP contribution in [0.25, 0.3) is 0 Å². The molecule has 2 aliphatic carbocycles. The highest BCUT2D eigenvalue weighted by atomic mass is 16.5. The van der Waals surface area contributed by atoms with Gasteiger partial charge < -0.3 is 4.74 Å². The van der Waals surface area contributed by atoms with Gasteiger partial charge in [0.05, 0.1) is 0 Å². The maximum Gasteiger partial charge on any atom is 0.308 e. The first-order chi connectivity index (χ1) is 7.75. The summed E-state index contributed by atoms with van der Waals surface area (Å²) in [5, 5.41) is 0. The lowest BCUT2D eigenvalue weighted by atomic mass is 9.66. The van der Waals surface area contributed by atoms with Crippen LogP contribution in [0.3, 0.4) is 0 Å². The summed E-state index contributed by atoms with van der Waals surface area (Å²) in [7, 11) is 0. The van der Waals surface area contributed by atoms with E-state index >= 15 is 0 Å². The van der Waals surface area contributed by atoms with Gasteiger partial charge in [-0.3, -0.25) is 4.79 Å². The average Bonchev–Trinajstić information content (AvgIpc) is 2.26. The second-order valence-electron chi connectivity index (χ2n) is 4.21. The van der Waals surface area contributed by atoms with E-state index in [1.165, 1.54) is 18.1 Å². The van der Waals surface area contributed by atoms with Crippen LogP contribution in [0.2, 0.25) is 0 Å². The van der Waals surface area contributed by atoms with Gasteiger partial charge in [-0.2, -0.15) is 0 Å². The predicted octanol–water partition coefficient (Wildman–Crippen LogP) is 2.92. The average molecular weight is 212 g/mol. The molecule has 0 heterocycles. The molecule has 0 amide bonds. The van der Waals surface area contributed by atoms with E-state index in [-0.39, 0.29) is 5.97 Å². The fraction of sp³-hybridized carbons (Fsp3) is 0.214. The van der Waals surface area contributed by atoms with Gasteiger partial charge in [-0.05, 0) is 23.3 Å². The summed E-state index contributed by atoms with van der Waals surface area (Å²) in [6.07, 6.45) is 8.58. The number of fused-ring (bicyclic) bond motifs is 4. The van der Waals surface area contributed by atoms with Gasteiger partial charge in [-0.1, -0.05) is 30.4 Å². The first-order valence-electron chi connectivity index (χ1n) is 5.43. The zero-order chi connectivity index (χ0) is 11.1. The Morgan fingerprint density at radius 1 is 1.12 bits per heavy atom. The lowest BCUT2D eigenvalue weighted by Gasteiger charge is -2.37. The Labute approximate surface area is 94.2 Å². The molecular formula is C14H12O2. The maximum absolute atomic E-state index is 10.9. The van der Waals surface area contributed by atoms with E-state index in [4.69, 9.17) is 4.74 Å². The fourth-order valence-electron chi connectivity index (χ4n) is 2.48. The smallest absolute Gasteiger partial charge is 0.308 e. The normalized spacial score (nSPS) is 24.3. The Hall–Kier alpha value is -1.83. The summed E-state index contributed by atoms with van der Waals surface area (Å²) in [6.45, 7) is 1.42. The molecule has 80 valence electrons. The van der Waals surface area contributed by atoms with Crippen molar-refractivity contribution in [3.05, 3.63) is 53.6 Å². The van der Waals surface area contributed by atoms with Gasteiger partial charge in [-0.15, -0.1) is 0 Å². The molecule has 0 N–H and O–H groups in total. The van der Waals surface area contributed by atoms with Gasteiger partial charge in [0, 0.05) is 18.8 Å². The van der Waals surface area contributed by atoms with Crippen LogP contribution in [0.5, 0.6) is 5.75 Å². The molecule has 0 bridgehead atoms. The van der Waals surface area contributed by atoms with E-state index < -0.39 is 0 Å². The first-order valence-corrected chi connectivity index (χ1v) is 5.43. The van der Waals surface area contributed by atoms with E-state index in [2.05, 4.69) is 30.4 Å². The minimum atomic E-state index is -0.269. The van der Waals surface area contributed by atoms with Crippen LogP contribution < -0.4 is 4.74 Å². The molecular weight excluding hydrogens is 200 g/mol. The monoisotopic (exact) mass is 212 g/mol. The molecule has 0 radical (unpaired) electrons. The van der Waals surface area contributed by atoms with Crippen LogP contribution in [0, 0.1) is 0 Å². The number of carbonyl (C=O) groups is 1. The van der Waals surface area contributed by atoms with Crippen molar-refractivity contribution in [3.63, 3.8) is 0 Å². The highest BCUT2D eigenvalue weighted by Crippen LogP contribution is 2.50. The molecule has 0 aliphatic heterocycles. The number of ether oxygens (including phenoxy) is 1. The van der Waals surface area contributed by atoms with Crippen molar-refractivity contribution in [2.24, 2.45) is 0 Å². The molecule has 2 aliphatic rings. The van der Waals surface area contributed by atoms with Crippen molar-refractivity contribution in [1.29, 1.82) is 0 Å². The van der Waals surface area contributed by atoms with Crippen molar-refractivity contribution in [1.82, 2.24) is 0 Å². The molecule has 0 saturated carbocycles. The second-order valence-corrected chi connectivity index (χ2v) is 4.21. The topological polar surface area (TPSA) is 26.3 Å². The van der Waals surface area contributed by atoms with Gasteiger partial charge in [0.15, 0.2) is 0 Å². The number of hydrogen-bond acceptors (Lipinski definition) is 2. The molecule has 1 unspecified atom stereocenters. The summed E-state index contributed by atoms with van der Waals surface area (Å²) in [5.41, 5.74) is 2.63. The Morgan fingerprint density at radius 2 is 1.81 bits per heavy atom. The summed E-state index contributed by atoms with van der Waals surface area (Å²) in [6, 6.07) is 5.89. The van der Waals surface area contributed by atoms with Crippen molar-refractivity contribution < 1.29 is 9.53 Å². The van der Waals surface area contributed by atoms with Gasteiger partial charge >= 0.3 is 5.97 Å². The van der Waals surface area contributed by atoms with Gasteiger partial charge in [0.25, 0.3) is 0 Å². The van der Waals surface area contributed by atoms with Crippen LogP contribution in [0.1, 0.15) is 29.9 Å². The lowest BCUT2D eigenvalue weighted by Crippen LogP contribution is -2.22. The van der Waals surface area contributed by atoms with Gasteiger partial charge in [-0.25, -0.2) is 0 Å². The third kappa shape index (κ3) is 1.30. The van der Waals surface area contributed by atoms with Crippen LogP contribution in [-0.2, 0) is 4.79 Å². The molecule has 3 rings (SSSR count). The van der Waals surface area contributed by atoms with E-state index in [9.17, 15) is 4.79 Å². The highest BCUT2D eigenvalue weighted by Gasteiger charge is 2.35. The number of benzene rings is 1. The standard InChI is InChI=1S/C14H12O2/c1-9(15)16-10-6-7-13-11-4-2-3-5-12(11)14(13)8-10/h2-8,11-12H,1H3/t11-,12?/m1/s1. The molecule has 1 aromatic carbocycles. The Balaban J connectivity index is 1.96. The maximum atomic E-state index is 10.9. The molecule has 0 aromatic heterocycles. The van der Waals surface area contributed by atoms with Crippen LogP contribution in [-0.4, -0.2) is 5.97 Å². The predicted molar refractivity (Wildman–Crippen MR) is 61.5 cm³/mol. The van der Waals surface area contributed by atoms with Crippen molar-refractivity contribution in [3.8, 4) is 5.75 Å². The number of hydrogen-bond donors (Lipinski definition) is 0. The Kier molecular flexibility index (Phi) is 1.96. The summed E-state index contributed by atoms with van der Waals surface area (Å²) in [4.78, 5) is 10.9. The van der Waals surface area contributed by atoms with Gasteiger partial charge in [0.1, 0.15) is 5.75 Å². The number of rotatable bonds is 1. The zero-order valence-electron chi connectivity index (χ0n) is 9.01. The number of esters is 1. The van der Waals surface area contributed by atoms with E-state index in [1.807, 2.05) is 12.1 Å². The fourth-order valence-corrected chi connectivity index (χ4v) is 2.48. The quantitative estimate of drug-likeness (QED) is 0.528. The van der Waals surface area contributed by atoms with E-state index in [0.29, 0.717) is 17.6 Å². The second kappa shape index (κ2) is 3.34. The third-order valence-corrected chi connectivity index (χ3v) is 3.17. The summed E-state index contributed by atoms with van der Waals surface area (Å²) >= 11 is 0. The largest absolute Gasteiger partial charge is 0.427 e. The molecule has 16 heavy (non-hydrogen) atoms. The Morgan fingerprint density at radius 3 is 2.50 bits per heavy atom. The molecule has 1 aromatic rings. The van der Waals surface area contributed by atoms with E-state index in [0.717, 1.165) is 0 Å². The zero-order valence-corrected chi connectivity index (χ0v) is 9.01. The highest BCUT2D eigenvalue weighted by molar-refractivity contribution is 5.70. The number of allylic oxidation sites excluding steroid dienone is 4. The van der Waals surface area contributed by atoms with Gasteiger partial charge in [0.2, 0.25) is 0 Å². The first kappa shape index (κ1) is 9.40. The minimum Gasteiger partial charge on any atom is -0.427 e. The molecule has 2 nitrogen and oxygen atoms in total. The molecule has 2 atom stereocenters. The summed E-state index contributed by atoms with van der Waals surface area (Å²) < 4.78 is 5.08. The van der Waals surface area contributed by atoms with Crippen molar-refractivity contribution in [2.45, 2.75) is 18.8 Å². The van der Waals surface area contributed by atoms with Crippen molar-refractivity contribution >= 4 is 5.97 Å². The third-order valence-electron chi connectivity index (χ3n) is 3.17. The molecule has 0 fully saturated rings. The SMILES string of the molecule is CC(=O)Oc1ccc2c(c1)C1C=CC=C[C@@H]21. The van der Waals surface area contributed by atoms with Crippen LogP contribution >= 0.6 is 0 Å². The van der Waals surface area contributed by atoms with Crippen LogP contribution in [0.4, 0.5) is 0 Å². The summed E-state index contributed by atoms with van der Waals surface area (Å²) in [5.74, 6) is 1.37. The number of carbonyl (C=O) groups excluding carboxylic acids is 1. The van der Waals surface area contributed by atoms with Crippen LogP contribution in [0.15, 0.2) is 42.5 Å².